The highest BCUT2D eigenvalue weighted by Gasteiger charge is 2.09. The van der Waals surface area contributed by atoms with Crippen molar-refractivity contribution in [3.05, 3.63) is 6.92 Å². The van der Waals surface area contributed by atoms with Crippen molar-refractivity contribution in [2.24, 2.45) is 0 Å². The summed E-state index contributed by atoms with van der Waals surface area (Å²) in [4.78, 5) is 0. The second kappa shape index (κ2) is 2.49. The van der Waals surface area contributed by atoms with Crippen LogP contribution < -0.4 is 5.32 Å². The molecule has 0 fully saturated rings. The Morgan fingerprint density at radius 2 is 1.75 bits per heavy atom. The molecule has 1 atom stereocenters. The number of rotatable bonds is 1. The van der Waals surface area contributed by atoms with Crippen LogP contribution in [0.5, 0.6) is 0 Å². The smallest absolute Gasteiger partial charge is 0.00989 e. The molecule has 0 aliphatic carbocycles. The van der Waals surface area contributed by atoms with E-state index in [1.54, 1.807) is 0 Å². The highest BCUT2D eigenvalue weighted by atomic mass is 15.0. The highest BCUT2D eigenvalue weighted by Crippen LogP contribution is 1.99. The van der Waals surface area contributed by atoms with Crippen LogP contribution in [-0.4, -0.2) is 11.6 Å². The van der Waals surface area contributed by atoms with Gasteiger partial charge >= 0.3 is 0 Å². The second-order valence-electron chi connectivity index (χ2n) is 3.30. The summed E-state index contributed by atoms with van der Waals surface area (Å²) in [7, 11) is 0. The van der Waals surface area contributed by atoms with Gasteiger partial charge in [-0.3, -0.25) is 0 Å². The molecule has 0 heterocycles. The van der Waals surface area contributed by atoms with E-state index in [1.165, 1.54) is 0 Å². The Hall–Kier alpha value is -0.0400. The molecule has 0 rings (SSSR count). The van der Waals surface area contributed by atoms with Gasteiger partial charge < -0.3 is 5.32 Å². The molecule has 1 unspecified atom stereocenters. The summed E-state index contributed by atoms with van der Waals surface area (Å²) >= 11 is 0. The maximum atomic E-state index is 3.81. The van der Waals surface area contributed by atoms with Gasteiger partial charge in [0.1, 0.15) is 0 Å². The molecule has 1 N–H and O–H groups in total. The van der Waals surface area contributed by atoms with Gasteiger partial charge in [0, 0.05) is 11.6 Å². The largest absolute Gasteiger partial charge is 0.310 e. The van der Waals surface area contributed by atoms with Crippen molar-refractivity contribution in [1.82, 2.24) is 5.32 Å². The van der Waals surface area contributed by atoms with Gasteiger partial charge in [-0.15, -0.1) is 0 Å². The summed E-state index contributed by atoms with van der Waals surface area (Å²) in [6.45, 7) is 12.3. The summed E-state index contributed by atoms with van der Waals surface area (Å²) in [5.41, 5.74) is 0.209. The lowest BCUT2D eigenvalue weighted by atomic mass is 10.1. The predicted octanol–water partition coefficient (Wildman–Crippen LogP) is 1.60. The SMILES string of the molecule is [CH2]C(C)NC(C)(C)C. The molecule has 0 aromatic rings. The van der Waals surface area contributed by atoms with Crippen LogP contribution in [0.2, 0.25) is 0 Å². The van der Waals surface area contributed by atoms with Crippen molar-refractivity contribution in [1.29, 1.82) is 0 Å². The Balaban J connectivity index is 3.39. The molecule has 0 aromatic carbocycles. The molecule has 0 aliphatic rings. The van der Waals surface area contributed by atoms with E-state index in [-0.39, 0.29) is 5.54 Å². The minimum absolute atomic E-state index is 0.209. The van der Waals surface area contributed by atoms with Crippen molar-refractivity contribution in [3.63, 3.8) is 0 Å². The second-order valence-corrected chi connectivity index (χ2v) is 3.30. The fourth-order valence-corrected chi connectivity index (χ4v) is 0.739. The van der Waals surface area contributed by atoms with Gasteiger partial charge in [0.2, 0.25) is 0 Å². The molecule has 1 radical (unpaired) electrons. The van der Waals surface area contributed by atoms with Crippen LogP contribution in [0.3, 0.4) is 0 Å². The summed E-state index contributed by atoms with van der Waals surface area (Å²) in [5, 5.41) is 3.27. The van der Waals surface area contributed by atoms with Crippen LogP contribution in [0.4, 0.5) is 0 Å². The van der Waals surface area contributed by atoms with Crippen LogP contribution in [0.15, 0.2) is 0 Å². The molecule has 0 amide bonds. The highest BCUT2D eigenvalue weighted by molar-refractivity contribution is 4.75. The van der Waals surface area contributed by atoms with Crippen LogP contribution in [-0.2, 0) is 0 Å². The molecule has 49 valence electrons. The van der Waals surface area contributed by atoms with Gasteiger partial charge in [-0.05, 0) is 34.6 Å². The normalized spacial score (nSPS) is 12.8. The molecule has 8 heavy (non-hydrogen) atoms. The minimum atomic E-state index is 0.209. The fourth-order valence-electron chi connectivity index (χ4n) is 0.739. The van der Waals surface area contributed by atoms with Crippen molar-refractivity contribution in [3.8, 4) is 0 Å². The number of hydrogen-bond donors (Lipinski definition) is 1. The van der Waals surface area contributed by atoms with Crippen molar-refractivity contribution >= 4 is 0 Å². The molecule has 0 aliphatic heterocycles. The minimum Gasteiger partial charge on any atom is -0.310 e. The lowest BCUT2D eigenvalue weighted by molar-refractivity contribution is 0.402. The average Bonchev–Trinajstić information content (AvgIpc) is 1.21. The van der Waals surface area contributed by atoms with E-state index in [0.717, 1.165) is 0 Å². The maximum Gasteiger partial charge on any atom is 0.00989 e. The third-order valence-corrected chi connectivity index (χ3v) is 0.679. The van der Waals surface area contributed by atoms with Crippen molar-refractivity contribution in [2.45, 2.75) is 39.3 Å². The molecular formula is C7H16N. The quantitative estimate of drug-likeness (QED) is 0.546. The summed E-state index contributed by atoms with van der Waals surface area (Å²) < 4.78 is 0. The first kappa shape index (κ1) is 7.96. The van der Waals surface area contributed by atoms with E-state index in [0.29, 0.717) is 6.04 Å². The van der Waals surface area contributed by atoms with E-state index in [2.05, 4.69) is 33.0 Å². The van der Waals surface area contributed by atoms with Gasteiger partial charge in [-0.2, -0.15) is 0 Å². The zero-order valence-electron chi connectivity index (χ0n) is 6.28. The molecule has 0 spiro atoms. The topological polar surface area (TPSA) is 12.0 Å². The number of hydrogen-bond acceptors (Lipinski definition) is 1. The van der Waals surface area contributed by atoms with Crippen molar-refractivity contribution in [2.75, 3.05) is 0 Å². The van der Waals surface area contributed by atoms with Gasteiger partial charge in [0.15, 0.2) is 0 Å². The standard InChI is InChI=1S/C7H16N/c1-6(2)8-7(3,4)5/h6,8H,1H2,2-5H3. The van der Waals surface area contributed by atoms with Gasteiger partial charge in [-0.25, -0.2) is 0 Å². The Bertz CT molecular complexity index is 59.3. The van der Waals surface area contributed by atoms with Crippen LogP contribution in [0, 0.1) is 6.92 Å². The fraction of sp³-hybridized carbons (Fsp3) is 0.857. The van der Waals surface area contributed by atoms with E-state index < -0.39 is 0 Å². The predicted molar refractivity (Wildman–Crippen MR) is 37.7 cm³/mol. The lowest BCUT2D eigenvalue weighted by Gasteiger charge is -2.23. The first-order chi connectivity index (χ1) is 3.42. The first-order valence-electron chi connectivity index (χ1n) is 3.02. The Kier molecular flexibility index (Phi) is 2.48. The molecule has 0 saturated heterocycles. The Morgan fingerprint density at radius 3 is 1.75 bits per heavy atom. The first-order valence-corrected chi connectivity index (χ1v) is 3.02. The molecule has 0 saturated carbocycles. The van der Waals surface area contributed by atoms with Crippen LogP contribution in [0.25, 0.3) is 0 Å². The lowest BCUT2D eigenvalue weighted by Crippen LogP contribution is -2.40. The van der Waals surface area contributed by atoms with Crippen LogP contribution >= 0.6 is 0 Å². The Morgan fingerprint density at radius 1 is 1.38 bits per heavy atom. The number of nitrogens with one attached hydrogen (secondary N) is 1. The summed E-state index contributed by atoms with van der Waals surface area (Å²) in [6, 6.07) is 0.343. The molecular weight excluding hydrogens is 98.1 g/mol. The molecule has 0 bridgehead atoms. The molecule has 0 aromatic heterocycles. The van der Waals surface area contributed by atoms with Gasteiger partial charge in [0.05, 0.1) is 0 Å². The average molecular weight is 114 g/mol. The zero-order valence-corrected chi connectivity index (χ0v) is 6.28. The maximum absolute atomic E-state index is 3.81. The molecule has 1 heteroatoms. The van der Waals surface area contributed by atoms with E-state index in [9.17, 15) is 0 Å². The summed E-state index contributed by atoms with van der Waals surface area (Å²) in [5.74, 6) is 0. The third kappa shape index (κ3) is 5.96. The van der Waals surface area contributed by atoms with Crippen molar-refractivity contribution < 1.29 is 0 Å². The van der Waals surface area contributed by atoms with Gasteiger partial charge in [0.25, 0.3) is 0 Å². The summed E-state index contributed by atoms with van der Waals surface area (Å²) in [6.07, 6.45) is 0. The zero-order chi connectivity index (χ0) is 6.78. The molecule has 1 nitrogen and oxygen atoms in total. The monoisotopic (exact) mass is 114 g/mol. The van der Waals surface area contributed by atoms with E-state index >= 15 is 0 Å². The van der Waals surface area contributed by atoms with Gasteiger partial charge in [-0.1, -0.05) is 0 Å². The van der Waals surface area contributed by atoms with Crippen LogP contribution in [0.1, 0.15) is 27.7 Å². The third-order valence-electron chi connectivity index (χ3n) is 0.679. The van der Waals surface area contributed by atoms with E-state index in [4.69, 9.17) is 0 Å². The Labute approximate surface area is 52.5 Å². The van der Waals surface area contributed by atoms with E-state index in [1.807, 2.05) is 6.92 Å².